The van der Waals surface area contributed by atoms with E-state index in [2.05, 4.69) is 10.3 Å². The molecule has 0 bridgehead atoms. The Kier molecular flexibility index (Phi) is 7.23. The molecule has 1 atom stereocenters. The molecule has 28 heavy (non-hydrogen) atoms. The molecule has 0 saturated heterocycles. The van der Waals surface area contributed by atoms with E-state index in [0.717, 1.165) is 23.3 Å². The number of carbonyl (C=O) groups is 1. The average Bonchev–Trinajstić information content (AvgIpc) is 2.63. The summed E-state index contributed by atoms with van der Waals surface area (Å²) in [5, 5.41) is 3.33. The molecule has 7 nitrogen and oxygen atoms in total. The van der Waals surface area contributed by atoms with Crippen LogP contribution < -0.4 is 20.5 Å². The van der Waals surface area contributed by atoms with E-state index in [1.165, 1.54) is 0 Å². The molecule has 0 saturated carbocycles. The van der Waals surface area contributed by atoms with E-state index in [0.29, 0.717) is 23.7 Å². The number of benzene rings is 1. The van der Waals surface area contributed by atoms with Gasteiger partial charge in [-0.2, -0.15) is 0 Å². The number of pyridine rings is 1. The van der Waals surface area contributed by atoms with E-state index < -0.39 is 5.91 Å². The number of nitrogens with zero attached hydrogens (tertiary/aromatic N) is 1. The number of methoxy groups -OCH3 is 2. The number of aryl methyl sites for hydroxylation is 3. The molecular formula is C21H29N3O4. The molecule has 2 aromatic rings. The highest BCUT2D eigenvalue weighted by Gasteiger charge is 2.22. The quantitative estimate of drug-likeness (QED) is 0.680. The SMILES string of the molecule is CCC(COC)Nc1cc(C)nc(Oc2c(C)cc(OC)cc2C)c1C(N)=O. The van der Waals surface area contributed by atoms with Gasteiger partial charge in [0.25, 0.3) is 5.91 Å². The van der Waals surface area contributed by atoms with Crippen LogP contribution in [0.3, 0.4) is 0 Å². The lowest BCUT2D eigenvalue weighted by Gasteiger charge is -2.21. The Balaban J connectivity index is 2.51. The van der Waals surface area contributed by atoms with Crippen LogP contribution in [0.25, 0.3) is 0 Å². The number of ether oxygens (including phenoxy) is 3. The fourth-order valence-corrected chi connectivity index (χ4v) is 3.04. The number of amides is 1. The van der Waals surface area contributed by atoms with Gasteiger partial charge in [-0.25, -0.2) is 4.98 Å². The molecule has 3 N–H and O–H groups in total. The smallest absolute Gasteiger partial charge is 0.256 e. The summed E-state index contributed by atoms with van der Waals surface area (Å²) in [6.45, 7) is 8.21. The molecule has 152 valence electrons. The number of nitrogens with one attached hydrogen (secondary N) is 1. The number of hydrogen-bond acceptors (Lipinski definition) is 6. The zero-order chi connectivity index (χ0) is 20.8. The second-order valence-corrected chi connectivity index (χ2v) is 6.75. The van der Waals surface area contributed by atoms with Gasteiger partial charge in [0.05, 0.1) is 19.4 Å². The van der Waals surface area contributed by atoms with Gasteiger partial charge in [0.15, 0.2) is 0 Å². The number of hydrogen-bond donors (Lipinski definition) is 2. The van der Waals surface area contributed by atoms with Gasteiger partial charge in [-0.3, -0.25) is 4.79 Å². The zero-order valence-electron chi connectivity index (χ0n) is 17.4. The third-order valence-corrected chi connectivity index (χ3v) is 4.45. The summed E-state index contributed by atoms with van der Waals surface area (Å²) >= 11 is 0. The lowest BCUT2D eigenvalue weighted by Crippen LogP contribution is -2.26. The van der Waals surface area contributed by atoms with Crippen LogP contribution in [0.1, 0.15) is 40.5 Å². The fraction of sp³-hybridized carbons (Fsp3) is 0.429. The molecule has 1 amide bonds. The maximum atomic E-state index is 12.3. The standard InChI is InChI=1S/C21H29N3O4/c1-7-15(11-26-5)24-17-10-14(4)23-21(18(17)20(22)25)28-19-12(2)8-16(27-6)9-13(19)3/h8-10,15H,7,11H2,1-6H3,(H2,22,25)(H,23,24). The predicted octanol–water partition coefficient (Wildman–Crippen LogP) is 3.74. The van der Waals surface area contributed by atoms with Crippen molar-refractivity contribution in [2.45, 2.75) is 40.2 Å². The van der Waals surface area contributed by atoms with Crippen molar-refractivity contribution in [3.63, 3.8) is 0 Å². The first-order valence-electron chi connectivity index (χ1n) is 9.20. The number of carbonyl (C=O) groups excluding carboxylic acids is 1. The molecule has 1 unspecified atom stereocenters. The van der Waals surface area contributed by atoms with Crippen molar-refractivity contribution in [2.75, 3.05) is 26.1 Å². The molecule has 1 aromatic heterocycles. The fourth-order valence-electron chi connectivity index (χ4n) is 3.04. The average molecular weight is 387 g/mol. The molecule has 7 heteroatoms. The third kappa shape index (κ3) is 4.92. The minimum atomic E-state index is -0.610. The highest BCUT2D eigenvalue weighted by Crippen LogP contribution is 2.35. The lowest BCUT2D eigenvalue weighted by molar-refractivity contribution is 0.0998. The summed E-state index contributed by atoms with van der Waals surface area (Å²) in [5.74, 6) is 0.929. The normalized spacial score (nSPS) is 11.8. The molecule has 0 spiro atoms. The maximum Gasteiger partial charge on any atom is 0.256 e. The van der Waals surface area contributed by atoms with Gasteiger partial charge in [0.1, 0.15) is 17.1 Å². The van der Waals surface area contributed by atoms with Crippen molar-refractivity contribution >= 4 is 11.6 Å². The zero-order valence-corrected chi connectivity index (χ0v) is 17.4. The molecular weight excluding hydrogens is 358 g/mol. The third-order valence-electron chi connectivity index (χ3n) is 4.45. The minimum absolute atomic E-state index is 0.0298. The highest BCUT2D eigenvalue weighted by atomic mass is 16.5. The lowest BCUT2D eigenvalue weighted by atomic mass is 10.1. The van der Waals surface area contributed by atoms with Gasteiger partial charge in [-0.05, 0) is 56.5 Å². The number of rotatable bonds is 9. The first-order chi connectivity index (χ1) is 13.3. The number of aromatic nitrogens is 1. The van der Waals surface area contributed by atoms with Gasteiger partial charge < -0.3 is 25.3 Å². The Labute approximate surface area is 166 Å². The Bertz CT molecular complexity index is 829. The molecule has 0 aliphatic carbocycles. The van der Waals surface area contributed by atoms with Crippen LogP contribution in [0.4, 0.5) is 5.69 Å². The van der Waals surface area contributed by atoms with Crippen LogP contribution in [0.2, 0.25) is 0 Å². The van der Waals surface area contributed by atoms with Crippen molar-refractivity contribution in [2.24, 2.45) is 5.73 Å². The molecule has 1 aromatic carbocycles. The van der Waals surface area contributed by atoms with Crippen molar-refractivity contribution in [1.82, 2.24) is 4.98 Å². The van der Waals surface area contributed by atoms with Crippen LogP contribution in [-0.2, 0) is 4.74 Å². The van der Waals surface area contributed by atoms with Gasteiger partial charge in [-0.1, -0.05) is 6.92 Å². The van der Waals surface area contributed by atoms with Crippen LogP contribution >= 0.6 is 0 Å². The summed E-state index contributed by atoms with van der Waals surface area (Å²) in [6, 6.07) is 5.56. The van der Waals surface area contributed by atoms with Crippen LogP contribution in [0.15, 0.2) is 18.2 Å². The summed E-state index contributed by atoms with van der Waals surface area (Å²) in [6.07, 6.45) is 0.820. The first-order valence-corrected chi connectivity index (χ1v) is 9.20. The molecule has 2 rings (SSSR count). The van der Waals surface area contributed by atoms with Gasteiger partial charge in [0.2, 0.25) is 5.88 Å². The van der Waals surface area contributed by atoms with Crippen LogP contribution in [0, 0.1) is 20.8 Å². The molecule has 0 fully saturated rings. The van der Waals surface area contributed by atoms with Gasteiger partial charge in [0, 0.05) is 18.8 Å². The summed E-state index contributed by atoms with van der Waals surface area (Å²) in [5.41, 5.74) is 8.93. The van der Waals surface area contributed by atoms with Crippen molar-refractivity contribution in [3.8, 4) is 17.4 Å². The topological polar surface area (TPSA) is 95.7 Å². The predicted molar refractivity (Wildman–Crippen MR) is 110 cm³/mol. The summed E-state index contributed by atoms with van der Waals surface area (Å²) in [4.78, 5) is 16.7. The van der Waals surface area contributed by atoms with Crippen molar-refractivity contribution < 1.29 is 19.0 Å². The van der Waals surface area contributed by atoms with E-state index in [1.807, 2.05) is 39.8 Å². The molecule has 0 radical (unpaired) electrons. The van der Waals surface area contributed by atoms with E-state index in [-0.39, 0.29) is 17.5 Å². The molecule has 0 aliphatic heterocycles. The van der Waals surface area contributed by atoms with E-state index in [4.69, 9.17) is 19.9 Å². The number of primary amides is 1. The Morgan fingerprint density at radius 3 is 2.32 bits per heavy atom. The first kappa shape index (κ1) is 21.5. The summed E-state index contributed by atoms with van der Waals surface area (Å²) in [7, 11) is 3.26. The van der Waals surface area contributed by atoms with Gasteiger partial charge in [-0.15, -0.1) is 0 Å². The Morgan fingerprint density at radius 1 is 1.18 bits per heavy atom. The van der Waals surface area contributed by atoms with Crippen molar-refractivity contribution in [3.05, 3.63) is 40.6 Å². The number of nitrogens with two attached hydrogens (primary N) is 1. The highest BCUT2D eigenvalue weighted by molar-refractivity contribution is 6.01. The van der Waals surface area contributed by atoms with E-state index >= 15 is 0 Å². The second kappa shape index (κ2) is 9.41. The Hall–Kier alpha value is -2.80. The molecule has 1 heterocycles. The summed E-state index contributed by atoms with van der Waals surface area (Å²) < 4.78 is 16.6. The van der Waals surface area contributed by atoms with Gasteiger partial charge >= 0.3 is 0 Å². The van der Waals surface area contributed by atoms with Crippen LogP contribution in [0.5, 0.6) is 17.4 Å². The minimum Gasteiger partial charge on any atom is -0.497 e. The Morgan fingerprint density at radius 2 is 1.82 bits per heavy atom. The molecule has 0 aliphatic rings. The van der Waals surface area contributed by atoms with E-state index in [9.17, 15) is 4.79 Å². The largest absolute Gasteiger partial charge is 0.497 e. The maximum absolute atomic E-state index is 12.3. The van der Waals surface area contributed by atoms with Crippen molar-refractivity contribution in [1.29, 1.82) is 0 Å². The monoisotopic (exact) mass is 387 g/mol. The number of anilines is 1. The second-order valence-electron chi connectivity index (χ2n) is 6.75. The van der Waals surface area contributed by atoms with Crippen LogP contribution in [-0.4, -0.2) is 37.8 Å². The van der Waals surface area contributed by atoms with E-state index in [1.54, 1.807) is 20.3 Å².